The molecule has 0 radical (unpaired) electrons. The van der Waals surface area contributed by atoms with E-state index in [2.05, 4.69) is 4.99 Å². The molecule has 70 heavy (non-hydrogen) atoms. The number of likely N-dealkylation sites (tertiary alicyclic amines) is 2. The molecule has 2 saturated heterocycles. The predicted molar refractivity (Wildman–Crippen MR) is 251 cm³/mol. The zero-order valence-electron chi connectivity index (χ0n) is 38.7. The SMILES string of the molecule is CCOP(OCC)(OCC)=C(C(=O)OCc1ccc([N+](=O)[O-])cc1)N1C(=O)[C@H]([C@@H](C)OC(=O)OCc2ccc([N+](=O)[O-])cc2)[C@H]1CC(=O)S[C@H]1CCN(C(C)=NC(=O)OCc2ccc([N+](=O)[O-])cc2)C1. The van der Waals surface area contributed by atoms with Gasteiger partial charge in [0.25, 0.3) is 24.6 Å². The van der Waals surface area contributed by atoms with Crippen molar-refractivity contribution in [3.05, 3.63) is 120 Å². The van der Waals surface area contributed by atoms with Crippen molar-refractivity contribution in [2.75, 3.05) is 32.9 Å². The second-order valence-corrected chi connectivity index (χ2v) is 18.9. The Morgan fingerprint density at radius 2 is 1.20 bits per heavy atom. The molecule has 5 rings (SSSR count). The van der Waals surface area contributed by atoms with Crippen LogP contribution in [-0.4, -0.2) is 115 Å². The molecule has 2 fully saturated rings. The summed E-state index contributed by atoms with van der Waals surface area (Å²) in [5, 5.41) is 32.5. The average molecular weight is 1010 g/mol. The summed E-state index contributed by atoms with van der Waals surface area (Å²) in [5.74, 6) is -2.81. The number of carbonyl (C=O) groups excluding carboxylic acids is 5. The molecule has 0 unspecified atom stereocenters. The van der Waals surface area contributed by atoms with E-state index in [1.165, 1.54) is 79.7 Å². The topological polar surface area (TPSA) is 298 Å². The quantitative estimate of drug-likeness (QED) is 0.0137. The fourth-order valence-corrected chi connectivity index (χ4v) is 10.9. The molecule has 4 atom stereocenters. The van der Waals surface area contributed by atoms with Gasteiger partial charge in [-0.3, -0.25) is 44.8 Å². The summed E-state index contributed by atoms with van der Waals surface area (Å²) in [5.41, 5.74) is 0.340. The highest BCUT2D eigenvalue weighted by Gasteiger charge is 2.57. The Balaban J connectivity index is 1.37. The molecule has 2 aliphatic rings. The minimum atomic E-state index is -3.99. The van der Waals surface area contributed by atoms with Crippen molar-refractivity contribution in [1.29, 1.82) is 0 Å². The summed E-state index contributed by atoms with van der Waals surface area (Å²) < 4.78 is 40.0. The number of thioether (sulfide) groups is 1. The van der Waals surface area contributed by atoms with E-state index in [0.29, 0.717) is 35.5 Å². The van der Waals surface area contributed by atoms with E-state index in [1.54, 1.807) is 32.6 Å². The van der Waals surface area contributed by atoms with Gasteiger partial charge in [-0.1, -0.05) is 11.8 Å². The summed E-state index contributed by atoms with van der Waals surface area (Å²) in [6.07, 6.45) is -3.25. The smallest absolute Gasteiger partial charge is 0.456 e. The molecule has 2 amide bonds. The first-order chi connectivity index (χ1) is 33.4. The molecule has 24 nitrogen and oxygen atoms in total. The minimum absolute atomic E-state index is 0.0592. The van der Waals surface area contributed by atoms with Gasteiger partial charge in [0.2, 0.25) is 11.3 Å². The molecule has 26 heteroatoms. The maximum Gasteiger partial charge on any atom is 0.508 e. The number of carbonyl (C=O) groups is 5. The lowest BCUT2D eigenvalue weighted by Gasteiger charge is -2.49. The van der Waals surface area contributed by atoms with E-state index in [0.717, 1.165) is 16.7 Å². The lowest BCUT2D eigenvalue weighted by molar-refractivity contribution is -0.385. The zero-order valence-corrected chi connectivity index (χ0v) is 40.4. The average Bonchev–Trinajstić information content (AvgIpc) is 3.80. The Hall–Kier alpha value is -6.79. The largest absolute Gasteiger partial charge is 0.508 e. The third-order valence-electron chi connectivity index (χ3n) is 10.7. The van der Waals surface area contributed by atoms with Crippen LogP contribution in [0.15, 0.2) is 77.8 Å². The second kappa shape index (κ2) is 25.2. The number of amidine groups is 1. The van der Waals surface area contributed by atoms with Crippen LogP contribution in [0.5, 0.6) is 0 Å². The second-order valence-electron chi connectivity index (χ2n) is 15.3. The number of amides is 2. The molecule has 0 N–H and O–H groups in total. The van der Waals surface area contributed by atoms with E-state index in [9.17, 15) is 54.3 Å². The van der Waals surface area contributed by atoms with Gasteiger partial charge in [0, 0.05) is 61.2 Å². The molecule has 3 aromatic carbocycles. The van der Waals surface area contributed by atoms with E-state index < -0.39 is 88.1 Å². The van der Waals surface area contributed by atoms with Crippen LogP contribution in [0.2, 0.25) is 0 Å². The van der Waals surface area contributed by atoms with Crippen LogP contribution in [0.3, 0.4) is 0 Å². The molecule has 0 spiro atoms. The zero-order chi connectivity index (χ0) is 51.1. The lowest BCUT2D eigenvalue weighted by atomic mass is 9.81. The Labute approximate surface area is 405 Å². The van der Waals surface area contributed by atoms with Gasteiger partial charge in [0.05, 0.1) is 46.6 Å². The fourth-order valence-electron chi connectivity index (χ4n) is 7.37. The van der Waals surface area contributed by atoms with Crippen LogP contribution in [-0.2, 0) is 66.7 Å². The van der Waals surface area contributed by atoms with Crippen molar-refractivity contribution in [3.63, 3.8) is 0 Å². The van der Waals surface area contributed by atoms with Crippen LogP contribution in [0.4, 0.5) is 26.7 Å². The molecule has 376 valence electrons. The van der Waals surface area contributed by atoms with Crippen LogP contribution in [0.1, 0.15) is 64.2 Å². The van der Waals surface area contributed by atoms with Gasteiger partial charge in [-0.25, -0.2) is 14.4 Å². The molecular weight excluding hydrogens is 964 g/mol. The number of nitro groups is 3. The first-order valence-corrected chi connectivity index (χ1v) is 24.2. The Kier molecular flexibility index (Phi) is 19.5. The normalized spacial score (nSPS) is 17.2. The summed E-state index contributed by atoms with van der Waals surface area (Å²) in [7, 11) is -3.99. The molecule has 3 aromatic rings. The number of hydrogen-bond donors (Lipinski definition) is 0. The van der Waals surface area contributed by atoms with E-state index in [4.69, 9.17) is 32.5 Å². The first-order valence-electron chi connectivity index (χ1n) is 21.8. The fraction of sp³-hybridized carbons (Fsp3) is 0.432. The number of ether oxygens (including phenoxy) is 4. The van der Waals surface area contributed by atoms with E-state index in [1.807, 2.05) is 0 Å². The van der Waals surface area contributed by atoms with Gasteiger partial charge in [-0.05, 0) is 94.1 Å². The van der Waals surface area contributed by atoms with Crippen molar-refractivity contribution in [3.8, 4) is 0 Å². The van der Waals surface area contributed by atoms with Gasteiger partial charge in [0.1, 0.15) is 31.8 Å². The number of non-ortho nitro benzene ring substituents is 3. The summed E-state index contributed by atoms with van der Waals surface area (Å²) in [4.78, 5) is 107. The monoisotopic (exact) mass is 1010 g/mol. The number of aliphatic imine (C=N–C) groups is 1. The summed E-state index contributed by atoms with van der Waals surface area (Å²) >= 11 is 0.974. The number of rotatable bonds is 22. The van der Waals surface area contributed by atoms with E-state index >= 15 is 0 Å². The molecule has 0 aliphatic carbocycles. The third-order valence-corrected chi connectivity index (χ3v) is 14.5. The number of nitro benzene ring substituents is 3. The highest BCUT2D eigenvalue weighted by atomic mass is 32.2. The Bertz CT molecular complexity index is 2490. The van der Waals surface area contributed by atoms with Crippen molar-refractivity contribution in [2.24, 2.45) is 10.9 Å². The number of esters is 1. The van der Waals surface area contributed by atoms with Crippen molar-refractivity contribution in [2.45, 2.75) is 84.7 Å². The van der Waals surface area contributed by atoms with Gasteiger partial charge in [-0.15, -0.1) is 0 Å². The highest BCUT2D eigenvalue weighted by molar-refractivity contribution is 8.14. The Morgan fingerprint density at radius 3 is 1.66 bits per heavy atom. The van der Waals surface area contributed by atoms with Crippen LogP contribution in [0.25, 0.3) is 0 Å². The number of benzene rings is 3. The summed E-state index contributed by atoms with van der Waals surface area (Å²) in [6.45, 7) is 7.48. The molecule has 0 saturated carbocycles. The summed E-state index contributed by atoms with van der Waals surface area (Å²) in [6, 6.07) is 14.8. The van der Waals surface area contributed by atoms with Crippen molar-refractivity contribution in [1.82, 2.24) is 9.80 Å². The van der Waals surface area contributed by atoms with Crippen molar-refractivity contribution >= 4 is 76.9 Å². The lowest BCUT2D eigenvalue weighted by Crippen LogP contribution is -2.68. The maximum absolute atomic E-state index is 14.5. The van der Waals surface area contributed by atoms with Gasteiger partial charge in [0.15, 0.2) is 5.12 Å². The first kappa shape index (κ1) is 54.2. The maximum atomic E-state index is 14.5. The van der Waals surface area contributed by atoms with Crippen LogP contribution < -0.4 is 0 Å². The van der Waals surface area contributed by atoms with Gasteiger partial charge in [-0.2, -0.15) is 4.99 Å². The molecule has 2 heterocycles. The number of hydrogen-bond acceptors (Lipinski definition) is 19. The van der Waals surface area contributed by atoms with Gasteiger partial charge < -0.3 is 37.4 Å². The molecule has 0 aromatic heterocycles. The number of nitrogens with zero attached hydrogens (tertiary/aromatic N) is 6. The molecule has 2 aliphatic heterocycles. The van der Waals surface area contributed by atoms with Crippen LogP contribution in [0, 0.1) is 36.3 Å². The van der Waals surface area contributed by atoms with Gasteiger partial charge >= 0.3 is 18.2 Å². The predicted octanol–water partition coefficient (Wildman–Crippen LogP) is 7.50. The molecule has 0 bridgehead atoms. The minimum Gasteiger partial charge on any atom is -0.456 e. The molecular formula is C44H51N6O18PS. The highest BCUT2D eigenvalue weighted by Crippen LogP contribution is 2.55. The third kappa shape index (κ3) is 14.2. The van der Waals surface area contributed by atoms with Crippen LogP contribution >= 0.6 is 19.3 Å². The standard InChI is InChI=1S/C44H51N6O18PS/c1-6-65-69(66-7-2,67-8-3)41(42(53)62-25-30-9-15-33(16-10-30)48(56)57)47-37(39(40(47)52)28(4)68-44(55)64-27-32-13-19-35(20-14-32)50(60)61)23-38(51)70-36-21-22-46(24-36)29(5)45-43(54)63-26-31-11-17-34(18-12-31)49(58)59/h9-20,28,36-37,39H,6-8,21-27H2,1-5H3/t28-,36+,37-,39-/m1/s1. The van der Waals surface area contributed by atoms with Crippen molar-refractivity contribution < 1.29 is 71.3 Å². The Morgan fingerprint density at radius 1 is 0.743 bits per heavy atom. The van der Waals surface area contributed by atoms with E-state index in [-0.39, 0.29) is 61.9 Å². The number of β-lactam (4-membered cyclic amide) rings is 1.